The summed E-state index contributed by atoms with van der Waals surface area (Å²) in [6.07, 6.45) is 0. The summed E-state index contributed by atoms with van der Waals surface area (Å²) < 4.78 is 0. The van der Waals surface area contributed by atoms with Gasteiger partial charge in [0.05, 0.1) is 10.0 Å². The lowest BCUT2D eigenvalue weighted by Gasteiger charge is -2.27. The number of rotatable bonds is 4. The van der Waals surface area contributed by atoms with Gasteiger partial charge < -0.3 is 5.32 Å². The van der Waals surface area contributed by atoms with E-state index in [4.69, 9.17) is 34.8 Å². The van der Waals surface area contributed by atoms with Gasteiger partial charge in [0.1, 0.15) is 0 Å². The number of hydrogen-bond donors (Lipinski definition) is 1. The molecule has 1 unspecified atom stereocenters. The van der Waals surface area contributed by atoms with Gasteiger partial charge in [-0.05, 0) is 30.0 Å². The molecule has 4 heteroatoms. The van der Waals surface area contributed by atoms with Crippen molar-refractivity contribution >= 4 is 34.8 Å². The Labute approximate surface area is 125 Å². The molecule has 1 rings (SSSR count). The van der Waals surface area contributed by atoms with E-state index >= 15 is 0 Å². The van der Waals surface area contributed by atoms with Gasteiger partial charge in [0.25, 0.3) is 0 Å². The van der Waals surface area contributed by atoms with Gasteiger partial charge in [-0.1, -0.05) is 62.5 Å². The van der Waals surface area contributed by atoms with Crippen molar-refractivity contribution in [3.63, 3.8) is 0 Å². The lowest BCUT2D eigenvalue weighted by Crippen LogP contribution is -2.29. The Bertz CT molecular complexity index is 410. The molecule has 0 amide bonds. The summed E-state index contributed by atoms with van der Waals surface area (Å²) in [7, 11) is 0. The summed E-state index contributed by atoms with van der Waals surface area (Å²) in [5, 5.41) is 5.13. The molecule has 0 fully saturated rings. The molecule has 0 saturated heterocycles. The minimum atomic E-state index is 0.287. The molecule has 0 saturated carbocycles. The van der Waals surface area contributed by atoms with Gasteiger partial charge in [0, 0.05) is 17.1 Å². The van der Waals surface area contributed by atoms with E-state index in [0.29, 0.717) is 27.5 Å². The van der Waals surface area contributed by atoms with Crippen molar-refractivity contribution in [2.75, 3.05) is 6.54 Å². The maximum Gasteiger partial charge on any atom is 0.0652 e. The van der Waals surface area contributed by atoms with Crippen molar-refractivity contribution in [3.8, 4) is 0 Å². The van der Waals surface area contributed by atoms with Gasteiger partial charge in [-0.15, -0.1) is 0 Å². The molecule has 0 spiro atoms. The largest absolute Gasteiger partial charge is 0.312 e. The molecule has 0 aromatic heterocycles. The second kappa shape index (κ2) is 6.47. The molecule has 0 aliphatic rings. The van der Waals surface area contributed by atoms with Crippen molar-refractivity contribution in [2.24, 2.45) is 11.3 Å². The molecule has 1 aromatic rings. The Morgan fingerprint density at radius 3 is 2.22 bits per heavy atom. The zero-order chi connectivity index (χ0) is 13.9. The summed E-state index contributed by atoms with van der Waals surface area (Å²) in [5.74, 6) is 0.564. The average Bonchev–Trinajstić information content (AvgIpc) is 2.27. The third kappa shape index (κ3) is 4.31. The van der Waals surface area contributed by atoms with E-state index < -0.39 is 0 Å². The third-order valence-corrected chi connectivity index (χ3v) is 4.57. The highest BCUT2D eigenvalue weighted by atomic mass is 35.5. The van der Waals surface area contributed by atoms with Gasteiger partial charge >= 0.3 is 0 Å². The highest BCUT2D eigenvalue weighted by molar-refractivity contribution is 6.44. The first-order valence-corrected chi connectivity index (χ1v) is 7.20. The molecule has 1 atom stereocenters. The quantitative estimate of drug-likeness (QED) is 0.732. The maximum absolute atomic E-state index is 6.15. The van der Waals surface area contributed by atoms with Crippen LogP contribution in [0.1, 0.15) is 33.3 Å². The molecule has 1 nitrogen and oxygen atoms in total. The van der Waals surface area contributed by atoms with E-state index in [-0.39, 0.29) is 5.41 Å². The number of halogens is 3. The van der Waals surface area contributed by atoms with Crippen LogP contribution in [-0.4, -0.2) is 6.54 Å². The van der Waals surface area contributed by atoms with E-state index in [1.807, 2.05) is 0 Å². The van der Waals surface area contributed by atoms with Crippen LogP contribution in [0.4, 0.5) is 0 Å². The molecular formula is C14H20Cl3N. The van der Waals surface area contributed by atoms with Crippen molar-refractivity contribution < 1.29 is 0 Å². The van der Waals surface area contributed by atoms with Crippen LogP contribution in [0.3, 0.4) is 0 Å². The Morgan fingerprint density at radius 1 is 1.11 bits per heavy atom. The average molecular weight is 309 g/mol. The van der Waals surface area contributed by atoms with E-state index in [0.717, 1.165) is 12.1 Å². The van der Waals surface area contributed by atoms with Gasteiger partial charge in [0.2, 0.25) is 0 Å². The summed E-state index contributed by atoms with van der Waals surface area (Å²) in [4.78, 5) is 0. The Hall–Kier alpha value is 0.0500. The minimum Gasteiger partial charge on any atom is -0.312 e. The second-order valence-electron chi connectivity index (χ2n) is 5.72. The fourth-order valence-electron chi connectivity index (χ4n) is 1.45. The first-order chi connectivity index (χ1) is 8.23. The SMILES string of the molecule is CC(CNCc1c(Cl)ccc(Cl)c1Cl)C(C)(C)C. The zero-order valence-electron chi connectivity index (χ0n) is 11.3. The molecular weight excluding hydrogens is 289 g/mol. The van der Waals surface area contributed by atoms with E-state index in [2.05, 4.69) is 33.0 Å². The highest BCUT2D eigenvalue weighted by Crippen LogP contribution is 2.31. The molecule has 0 radical (unpaired) electrons. The van der Waals surface area contributed by atoms with Gasteiger partial charge in [-0.2, -0.15) is 0 Å². The topological polar surface area (TPSA) is 12.0 Å². The number of benzene rings is 1. The van der Waals surface area contributed by atoms with Crippen LogP contribution in [0.5, 0.6) is 0 Å². The van der Waals surface area contributed by atoms with Crippen molar-refractivity contribution in [2.45, 2.75) is 34.2 Å². The van der Waals surface area contributed by atoms with Crippen LogP contribution in [0, 0.1) is 11.3 Å². The minimum absolute atomic E-state index is 0.287. The van der Waals surface area contributed by atoms with E-state index in [9.17, 15) is 0 Å². The van der Waals surface area contributed by atoms with Crippen LogP contribution < -0.4 is 5.32 Å². The monoisotopic (exact) mass is 307 g/mol. The molecule has 0 heterocycles. The van der Waals surface area contributed by atoms with Gasteiger partial charge in [-0.3, -0.25) is 0 Å². The molecule has 1 aromatic carbocycles. The van der Waals surface area contributed by atoms with Crippen LogP contribution >= 0.6 is 34.8 Å². The highest BCUT2D eigenvalue weighted by Gasteiger charge is 2.19. The normalized spacial score (nSPS) is 13.7. The summed E-state index contributed by atoms with van der Waals surface area (Å²) in [5.41, 5.74) is 1.15. The van der Waals surface area contributed by atoms with Gasteiger partial charge in [-0.25, -0.2) is 0 Å². The lowest BCUT2D eigenvalue weighted by atomic mass is 9.82. The Balaban J connectivity index is 2.63. The fraction of sp³-hybridized carbons (Fsp3) is 0.571. The number of nitrogens with one attached hydrogen (secondary N) is 1. The molecule has 102 valence electrons. The predicted octanol–water partition coefficient (Wildman–Crippen LogP) is 5.42. The lowest BCUT2D eigenvalue weighted by molar-refractivity contribution is 0.252. The Morgan fingerprint density at radius 2 is 1.67 bits per heavy atom. The summed E-state index contributed by atoms with van der Waals surface area (Å²) in [6.45, 7) is 10.5. The van der Waals surface area contributed by atoms with E-state index in [1.54, 1.807) is 12.1 Å². The molecule has 0 bridgehead atoms. The summed E-state index contributed by atoms with van der Waals surface area (Å²) in [6, 6.07) is 3.49. The van der Waals surface area contributed by atoms with Crippen molar-refractivity contribution in [3.05, 3.63) is 32.8 Å². The zero-order valence-corrected chi connectivity index (χ0v) is 13.5. The third-order valence-electron chi connectivity index (χ3n) is 3.37. The smallest absolute Gasteiger partial charge is 0.0652 e. The molecule has 18 heavy (non-hydrogen) atoms. The second-order valence-corrected chi connectivity index (χ2v) is 6.91. The number of hydrogen-bond acceptors (Lipinski definition) is 1. The molecule has 0 aliphatic heterocycles. The van der Waals surface area contributed by atoms with Gasteiger partial charge in [0.15, 0.2) is 0 Å². The molecule has 0 aliphatic carbocycles. The maximum atomic E-state index is 6.15. The van der Waals surface area contributed by atoms with Crippen LogP contribution in [0.2, 0.25) is 15.1 Å². The first-order valence-electron chi connectivity index (χ1n) is 6.06. The predicted molar refractivity (Wildman–Crippen MR) is 81.8 cm³/mol. The van der Waals surface area contributed by atoms with Crippen LogP contribution in [0.15, 0.2) is 12.1 Å². The standard InChI is InChI=1S/C14H20Cl3N/c1-9(14(2,3)4)7-18-8-10-11(15)5-6-12(16)13(10)17/h5-6,9,18H,7-8H2,1-4H3. The van der Waals surface area contributed by atoms with Crippen molar-refractivity contribution in [1.29, 1.82) is 0 Å². The van der Waals surface area contributed by atoms with Crippen molar-refractivity contribution in [1.82, 2.24) is 5.32 Å². The fourth-order valence-corrected chi connectivity index (χ4v) is 2.13. The summed E-state index contributed by atoms with van der Waals surface area (Å²) >= 11 is 18.3. The first kappa shape index (κ1) is 16.1. The molecule has 1 N–H and O–H groups in total. The van der Waals surface area contributed by atoms with Crippen LogP contribution in [-0.2, 0) is 6.54 Å². The van der Waals surface area contributed by atoms with Crippen LogP contribution in [0.25, 0.3) is 0 Å². The van der Waals surface area contributed by atoms with E-state index in [1.165, 1.54) is 0 Å². The Kier molecular flexibility index (Phi) is 5.79.